The average molecular weight is 182 g/mol. The van der Waals surface area contributed by atoms with E-state index in [1.165, 1.54) is 13.1 Å². The molecule has 13 heavy (non-hydrogen) atoms. The molecule has 0 spiro atoms. The van der Waals surface area contributed by atoms with Crippen molar-refractivity contribution in [2.75, 3.05) is 11.9 Å². The van der Waals surface area contributed by atoms with Crippen molar-refractivity contribution in [2.45, 2.75) is 6.92 Å². The Hall–Kier alpha value is -1.85. The van der Waals surface area contributed by atoms with Crippen molar-refractivity contribution in [2.24, 2.45) is 0 Å². The second kappa shape index (κ2) is 4.24. The van der Waals surface area contributed by atoms with Crippen molar-refractivity contribution in [3.63, 3.8) is 0 Å². The predicted octanol–water partition coefficient (Wildman–Crippen LogP) is -0.516. The van der Waals surface area contributed by atoms with Crippen LogP contribution < -0.4 is 10.6 Å². The van der Waals surface area contributed by atoms with Gasteiger partial charge >= 0.3 is 0 Å². The fourth-order valence-corrected chi connectivity index (χ4v) is 0.715. The Morgan fingerprint density at radius 2 is 2.38 bits per heavy atom. The van der Waals surface area contributed by atoms with Crippen molar-refractivity contribution in [3.8, 4) is 0 Å². The van der Waals surface area contributed by atoms with E-state index in [2.05, 4.69) is 20.6 Å². The van der Waals surface area contributed by atoms with Gasteiger partial charge in [-0.2, -0.15) is 0 Å². The highest BCUT2D eigenvalue weighted by Crippen LogP contribution is 1.93. The number of rotatable bonds is 3. The van der Waals surface area contributed by atoms with Gasteiger partial charge in [-0.15, -0.1) is 0 Å². The Bertz CT molecular complexity index is 293. The van der Waals surface area contributed by atoms with Gasteiger partial charge < -0.3 is 10.3 Å². The van der Waals surface area contributed by atoms with E-state index < -0.39 is 0 Å². The number of anilines is 1. The van der Waals surface area contributed by atoms with Crippen molar-refractivity contribution >= 4 is 17.8 Å². The average Bonchev–Trinajstić information content (AvgIpc) is 2.53. The van der Waals surface area contributed by atoms with E-state index in [0.717, 1.165) is 0 Å². The molecule has 0 aliphatic heterocycles. The molecule has 1 heterocycles. The second-order valence-electron chi connectivity index (χ2n) is 2.40. The van der Waals surface area contributed by atoms with E-state index in [9.17, 15) is 9.59 Å². The lowest BCUT2D eigenvalue weighted by atomic mass is 10.5. The lowest BCUT2D eigenvalue weighted by Gasteiger charge is -2.01. The van der Waals surface area contributed by atoms with Crippen molar-refractivity contribution < 1.29 is 9.59 Å². The quantitative estimate of drug-likeness (QED) is 0.588. The lowest BCUT2D eigenvalue weighted by Crippen LogP contribution is -2.31. The largest absolute Gasteiger partial charge is 0.347 e. The molecule has 3 N–H and O–H groups in total. The van der Waals surface area contributed by atoms with Crippen LogP contribution in [0.4, 0.5) is 5.95 Å². The van der Waals surface area contributed by atoms with Crippen LogP contribution in [0.3, 0.4) is 0 Å². The number of carbonyl (C=O) groups is 2. The fraction of sp³-hybridized carbons (Fsp3) is 0.286. The van der Waals surface area contributed by atoms with Crippen LogP contribution in [-0.4, -0.2) is 28.3 Å². The smallest absolute Gasteiger partial charge is 0.246 e. The van der Waals surface area contributed by atoms with Gasteiger partial charge in [0.05, 0.1) is 6.54 Å². The molecule has 6 nitrogen and oxygen atoms in total. The molecule has 0 saturated heterocycles. The molecule has 1 rings (SSSR count). The molecule has 1 aromatic rings. The molecule has 0 aliphatic carbocycles. The summed E-state index contributed by atoms with van der Waals surface area (Å²) in [6, 6.07) is 0. The third kappa shape index (κ3) is 3.37. The van der Waals surface area contributed by atoms with Crippen molar-refractivity contribution in [3.05, 3.63) is 12.4 Å². The zero-order valence-electron chi connectivity index (χ0n) is 7.13. The first kappa shape index (κ1) is 9.24. The summed E-state index contributed by atoms with van der Waals surface area (Å²) in [4.78, 5) is 27.9. The fourth-order valence-electron chi connectivity index (χ4n) is 0.715. The second-order valence-corrected chi connectivity index (χ2v) is 2.40. The first-order chi connectivity index (χ1) is 6.18. The molecule has 0 aromatic carbocycles. The summed E-state index contributed by atoms with van der Waals surface area (Å²) in [5.74, 6) is -0.185. The van der Waals surface area contributed by atoms with E-state index in [1.807, 2.05) is 0 Å². The molecule has 0 unspecified atom stereocenters. The number of nitrogens with one attached hydrogen (secondary N) is 3. The maximum atomic E-state index is 11.0. The summed E-state index contributed by atoms with van der Waals surface area (Å²) < 4.78 is 0. The van der Waals surface area contributed by atoms with Gasteiger partial charge in [-0.25, -0.2) is 4.98 Å². The van der Waals surface area contributed by atoms with Gasteiger partial charge in [0, 0.05) is 19.3 Å². The molecule has 0 fully saturated rings. The zero-order chi connectivity index (χ0) is 9.68. The number of hydrogen-bond acceptors (Lipinski definition) is 3. The van der Waals surface area contributed by atoms with Gasteiger partial charge in [0.1, 0.15) is 0 Å². The topological polar surface area (TPSA) is 86.9 Å². The Morgan fingerprint density at radius 3 is 2.92 bits per heavy atom. The number of aromatic nitrogens is 2. The number of nitrogens with zero attached hydrogens (tertiary/aromatic N) is 1. The zero-order valence-corrected chi connectivity index (χ0v) is 7.13. The van der Waals surface area contributed by atoms with E-state index in [0.29, 0.717) is 5.95 Å². The Kier molecular flexibility index (Phi) is 3.02. The van der Waals surface area contributed by atoms with E-state index >= 15 is 0 Å². The molecular weight excluding hydrogens is 172 g/mol. The van der Waals surface area contributed by atoms with Gasteiger partial charge in [-0.3, -0.25) is 14.9 Å². The third-order valence-corrected chi connectivity index (χ3v) is 1.25. The lowest BCUT2D eigenvalue weighted by molar-refractivity contribution is -0.122. The van der Waals surface area contributed by atoms with E-state index in [-0.39, 0.29) is 18.4 Å². The van der Waals surface area contributed by atoms with Crippen LogP contribution in [0.25, 0.3) is 0 Å². The van der Waals surface area contributed by atoms with Crippen LogP contribution in [-0.2, 0) is 9.59 Å². The Morgan fingerprint density at radius 1 is 1.62 bits per heavy atom. The first-order valence-corrected chi connectivity index (χ1v) is 3.72. The molecular formula is C7H10N4O2. The van der Waals surface area contributed by atoms with Gasteiger partial charge in [0.25, 0.3) is 0 Å². The molecule has 1 aromatic heterocycles. The molecule has 0 bridgehead atoms. The van der Waals surface area contributed by atoms with Crippen LogP contribution in [0.5, 0.6) is 0 Å². The van der Waals surface area contributed by atoms with Gasteiger partial charge in [-0.05, 0) is 0 Å². The molecule has 0 atom stereocenters. The highest BCUT2D eigenvalue weighted by Gasteiger charge is 2.03. The highest BCUT2D eigenvalue weighted by molar-refractivity contribution is 5.92. The molecule has 70 valence electrons. The predicted molar refractivity (Wildman–Crippen MR) is 45.9 cm³/mol. The molecule has 0 radical (unpaired) electrons. The minimum atomic E-state index is -0.315. The monoisotopic (exact) mass is 182 g/mol. The van der Waals surface area contributed by atoms with Crippen LogP contribution in [0.1, 0.15) is 6.92 Å². The standard InChI is InChI=1S/C7H10N4O2/c1-5(12)10-4-6(13)11-7-8-2-3-9-7/h2-3H,4H2,1H3,(H,10,12)(H2,8,9,11,13). The molecule has 0 aliphatic rings. The minimum absolute atomic E-state index is 0.0456. The molecule has 2 amide bonds. The number of H-pyrrole nitrogens is 1. The van der Waals surface area contributed by atoms with Crippen LogP contribution in [0, 0.1) is 0 Å². The molecule has 6 heteroatoms. The van der Waals surface area contributed by atoms with Crippen molar-refractivity contribution in [1.82, 2.24) is 15.3 Å². The summed E-state index contributed by atoms with van der Waals surface area (Å²) in [6.45, 7) is 1.30. The molecule has 0 saturated carbocycles. The summed E-state index contributed by atoms with van der Waals surface area (Å²) >= 11 is 0. The summed E-state index contributed by atoms with van der Waals surface area (Å²) in [6.07, 6.45) is 3.11. The minimum Gasteiger partial charge on any atom is -0.347 e. The normalized spacial score (nSPS) is 9.31. The van der Waals surface area contributed by atoms with Crippen LogP contribution in [0.15, 0.2) is 12.4 Å². The Labute approximate surface area is 74.7 Å². The maximum absolute atomic E-state index is 11.0. The van der Waals surface area contributed by atoms with Gasteiger partial charge in [0.2, 0.25) is 17.8 Å². The SMILES string of the molecule is CC(=O)NCC(=O)Nc1ncc[nH]1. The maximum Gasteiger partial charge on any atom is 0.246 e. The third-order valence-electron chi connectivity index (χ3n) is 1.25. The first-order valence-electron chi connectivity index (χ1n) is 3.72. The number of amides is 2. The summed E-state index contributed by atoms with van der Waals surface area (Å²) in [7, 11) is 0. The number of carbonyl (C=O) groups excluding carboxylic acids is 2. The summed E-state index contributed by atoms with van der Waals surface area (Å²) in [5, 5.41) is 4.82. The van der Waals surface area contributed by atoms with E-state index in [1.54, 1.807) is 6.20 Å². The number of aromatic amines is 1. The van der Waals surface area contributed by atoms with Crippen molar-refractivity contribution in [1.29, 1.82) is 0 Å². The Balaban J connectivity index is 2.30. The summed E-state index contributed by atoms with van der Waals surface area (Å²) in [5.41, 5.74) is 0. The number of imidazole rings is 1. The van der Waals surface area contributed by atoms with E-state index in [4.69, 9.17) is 0 Å². The highest BCUT2D eigenvalue weighted by atomic mass is 16.2. The van der Waals surface area contributed by atoms with Crippen LogP contribution in [0.2, 0.25) is 0 Å². The number of hydrogen-bond donors (Lipinski definition) is 3. The van der Waals surface area contributed by atoms with Gasteiger partial charge in [-0.1, -0.05) is 0 Å². The van der Waals surface area contributed by atoms with Crippen LogP contribution >= 0.6 is 0 Å². The van der Waals surface area contributed by atoms with Gasteiger partial charge in [0.15, 0.2) is 0 Å².